The molecule has 1 amide bonds. The van der Waals surface area contributed by atoms with Gasteiger partial charge in [-0.05, 0) is 65.9 Å². The lowest BCUT2D eigenvalue weighted by molar-refractivity contribution is 0.0945. The Hall–Kier alpha value is -3.90. The molecule has 0 fully saturated rings. The highest BCUT2D eigenvalue weighted by atomic mass is 32.2. The molecule has 4 rings (SSSR count). The standard InChI is InChI=1S/C27H27FN4O5S2/c1-3-14-38(34,35)25-23-17-21(20-8-11-29-12-9-20)10-13-32(23)24(26(25)39(36,37)15-4-2)27(33)31-30-18-19-6-5-7-22(28)16-19/h5-13,16-18H,3-4,14-15H2,1-2H3,(H,31,33). The molecule has 0 aliphatic carbocycles. The van der Waals surface area contributed by atoms with Gasteiger partial charge in [-0.1, -0.05) is 26.0 Å². The van der Waals surface area contributed by atoms with Gasteiger partial charge in [0, 0.05) is 18.6 Å². The Labute approximate surface area is 226 Å². The number of hydrazone groups is 1. The Morgan fingerprint density at radius 3 is 2.26 bits per heavy atom. The molecule has 3 aromatic heterocycles. The number of halogens is 1. The molecule has 39 heavy (non-hydrogen) atoms. The number of carbonyl (C=O) groups is 1. The minimum atomic E-state index is -4.21. The van der Waals surface area contributed by atoms with Crippen molar-refractivity contribution in [2.75, 3.05) is 11.5 Å². The largest absolute Gasteiger partial charge is 0.310 e. The molecule has 3 heterocycles. The van der Waals surface area contributed by atoms with Crippen LogP contribution in [-0.4, -0.2) is 49.8 Å². The molecule has 4 aromatic rings. The molecule has 1 N–H and O–H groups in total. The second kappa shape index (κ2) is 11.5. The van der Waals surface area contributed by atoms with Crippen LogP contribution in [0.3, 0.4) is 0 Å². The summed E-state index contributed by atoms with van der Waals surface area (Å²) in [5.74, 6) is -2.09. The van der Waals surface area contributed by atoms with Crippen LogP contribution in [0.25, 0.3) is 16.6 Å². The summed E-state index contributed by atoms with van der Waals surface area (Å²) in [6.45, 7) is 3.32. The Morgan fingerprint density at radius 1 is 0.949 bits per heavy atom. The number of sulfone groups is 2. The number of nitrogens with zero attached hydrogens (tertiary/aromatic N) is 3. The van der Waals surface area contributed by atoms with Crippen LogP contribution in [-0.2, 0) is 19.7 Å². The zero-order valence-electron chi connectivity index (χ0n) is 21.3. The predicted octanol–water partition coefficient (Wildman–Crippen LogP) is 4.27. The van der Waals surface area contributed by atoms with Gasteiger partial charge < -0.3 is 4.40 Å². The number of hydrogen-bond acceptors (Lipinski definition) is 7. The fourth-order valence-electron chi connectivity index (χ4n) is 4.28. The first-order chi connectivity index (χ1) is 18.6. The highest BCUT2D eigenvalue weighted by Crippen LogP contribution is 2.36. The zero-order chi connectivity index (χ0) is 28.2. The maximum atomic E-state index is 13.5. The SMILES string of the molecule is CCCS(=O)(=O)c1c(S(=O)(=O)CCC)c2cc(-c3ccncc3)ccn2c1C(=O)NN=Cc1cccc(F)c1. The maximum absolute atomic E-state index is 13.5. The molecular weight excluding hydrogens is 543 g/mol. The summed E-state index contributed by atoms with van der Waals surface area (Å²) in [6, 6.07) is 12.2. The van der Waals surface area contributed by atoms with E-state index in [4.69, 9.17) is 0 Å². The normalized spacial score (nSPS) is 12.3. The second-order valence-electron chi connectivity index (χ2n) is 8.81. The van der Waals surface area contributed by atoms with E-state index in [2.05, 4.69) is 15.5 Å². The Bertz CT molecular complexity index is 1770. The highest BCUT2D eigenvalue weighted by molar-refractivity contribution is 7.94. The number of carbonyl (C=O) groups excluding carboxylic acids is 1. The first kappa shape index (κ1) is 28.1. The number of pyridine rings is 2. The van der Waals surface area contributed by atoms with Gasteiger partial charge in [0.05, 0.1) is 23.2 Å². The summed E-state index contributed by atoms with van der Waals surface area (Å²) in [7, 11) is -8.33. The molecule has 1 aromatic carbocycles. The van der Waals surface area contributed by atoms with Crippen LogP contribution in [0.5, 0.6) is 0 Å². The number of amides is 1. The van der Waals surface area contributed by atoms with Gasteiger partial charge in [-0.15, -0.1) is 0 Å². The molecule has 0 radical (unpaired) electrons. The lowest BCUT2D eigenvalue weighted by Gasteiger charge is -2.08. The average Bonchev–Trinajstić information content (AvgIpc) is 3.26. The van der Waals surface area contributed by atoms with Gasteiger partial charge >= 0.3 is 0 Å². The summed E-state index contributed by atoms with van der Waals surface area (Å²) in [4.78, 5) is 16.5. The molecule has 0 aliphatic rings. The first-order valence-corrected chi connectivity index (χ1v) is 15.5. The molecule has 0 spiro atoms. The van der Waals surface area contributed by atoms with Crippen molar-refractivity contribution in [1.82, 2.24) is 14.8 Å². The van der Waals surface area contributed by atoms with Crippen molar-refractivity contribution in [3.05, 3.63) is 84.2 Å². The summed E-state index contributed by atoms with van der Waals surface area (Å²) in [6.07, 6.45) is 6.29. The Morgan fingerprint density at radius 2 is 1.62 bits per heavy atom. The lowest BCUT2D eigenvalue weighted by atomic mass is 10.1. The monoisotopic (exact) mass is 570 g/mol. The van der Waals surface area contributed by atoms with Gasteiger partial charge in [0.2, 0.25) is 0 Å². The van der Waals surface area contributed by atoms with E-state index in [1.54, 1.807) is 56.6 Å². The lowest BCUT2D eigenvalue weighted by Crippen LogP contribution is -2.23. The van der Waals surface area contributed by atoms with Crippen LogP contribution in [0, 0.1) is 5.82 Å². The number of rotatable bonds is 10. The van der Waals surface area contributed by atoms with Crippen molar-refractivity contribution in [3.63, 3.8) is 0 Å². The van der Waals surface area contributed by atoms with Gasteiger partial charge in [0.15, 0.2) is 19.7 Å². The smallest absolute Gasteiger partial charge is 0.289 e. The Balaban J connectivity index is 1.97. The van der Waals surface area contributed by atoms with Crippen molar-refractivity contribution in [2.24, 2.45) is 5.10 Å². The quantitative estimate of drug-likeness (QED) is 0.224. The van der Waals surface area contributed by atoms with Crippen LogP contribution in [0.1, 0.15) is 42.7 Å². The van der Waals surface area contributed by atoms with Gasteiger partial charge in [-0.2, -0.15) is 5.10 Å². The molecular formula is C27H27FN4O5S2. The van der Waals surface area contributed by atoms with Gasteiger partial charge in [0.1, 0.15) is 21.3 Å². The minimum Gasteiger partial charge on any atom is -0.310 e. The first-order valence-electron chi connectivity index (χ1n) is 12.2. The van der Waals surface area contributed by atoms with E-state index < -0.39 is 41.2 Å². The molecule has 0 unspecified atom stereocenters. The molecule has 0 saturated heterocycles. The predicted molar refractivity (Wildman–Crippen MR) is 147 cm³/mol. The van der Waals surface area contributed by atoms with Crippen molar-refractivity contribution in [3.8, 4) is 11.1 Å². The van der Waals surface area contributed by atoms with Crippen LogP contribution in [0.4, 0.5) is 4.39 Å². The van der Waals surface area contributed by atoms with E-state index in [-0.39, 0.29) is 35.6 Å². The number of fused-ring (bicyclic) bond motifs is 1. The van der Waals surface area contributed by atoms with Gasteiger partial charge in [-0.25, -0.2) is 26.7 Å². The van der Waals surface area contributed by atoms with E-state index in [9.17, 15) is 26.0 Å². The third-order valence-corrected chi connectivity index (χ3v) is 9.95. The van der Waals surface area contributed by atoms with E-state index in [0.717, 1.165) is 5.56 Å². The van der Waals surface area contributed by atoms with Gasteiger partial charge in [0.25, 0.3) is 5.91 Å². The number of hydrogen-bond donors (Lipinski definition) is 1. The fourth-order valence-corrected chi connectivity index (χ4v) is 8.25. The van der Waals surface area contributed by atoms with E-state index in [1.807, 2.05) is 0 Å². The molecule has 204 valence electrons. The average molecular weight is 571 g/mol. The second-order valence-corrected chi connectivity index (χ2v) is 12.9. The molecule has 0 bridgehead atoms. The van der Waals surface area contributed by atoms with E-state index in [0.29, 0.717) is 11.1 Å². The minimum absolute atomic E-state index is 0.0618. The highest BCUT2D eigenvalue weighted by Gasteiger charge is 2.37. The van der Waals surface area contributed by atoms with Crippen LogP contribution < -0.4 is 5.43 Å². The van der Waals surface area contributed by atoms with E-state index in [1.165, 1.54) is 35.0 Å². The van der Waals surface area contributed by atoms with Crippen LogP contribution in [0.2, 0.25) is 0 Å². The number of nitrogens with one attached hydrogen (secondary N) is 1. The van der Waals surface area contributed by atoms with Crippen LogP contribution >= 0.6 is 0 Å². The molecule has 0 saturated carbocycles. The summed E-state index contributed by atoms with van der Waals surface area (Å²) < 4.78 is 68.9. The fraction of sp³-hybridized carbons (Fsp3) is 0.222. The Kier molecular flexibility index (Phi) is 8.26. The summed E-state index contributed by atoms with van der Waals surface area (Å²) >= 11 is 0. The van der Waals surface area contributed by atoms with Crippen molar-refractivity contribution < 1.29 is 26.0 Å². The molecule has 0 atom stereocenters. The third-order valence-electron chi connectivity index (χ3n) is 5.87. The molecule has 0 aliphatic heterocycles. The van der Waals surface area contributed by atoms with Crippen molar-refractivity contribution in [1.29, 1.82) is 0 Å². The third kappa shape index (κ3) is 5.91. The van der Waals surface area contributed by atoms with E-state index >= 15 is 0 Å². The van der Waals surface area contributed by atoms with Gasteiger partial charge in [-0.3, -0.25) is 9.78 Å². The molecule has 12 heteroatoms. The number of aromatic nitrogens is 2. The summed E-state index contributed by atoms with van der Waals surface area (Å²) in [5.41, 5.74) is 3.68. The topological polar surface area (TPSA) is 127 Å². The molecule has 9 nitrogen and oxygen atoms in total. The van der Waals surface area contributed by atoms with Crippen LogP contribution in [0.15, 0.2) is 82.0 Å². The van der Waals surface area contributed by atoms with Crippen molar-refractivity contribution >= 4 is 37.3 Å². The van der Waals surface area contributed by atoms with Crippen molar-refractivity contribution in [2.45, 2.75) is 36.5 Å². The maximum Gasteiger partial charge on any atom is 0.289 e. The number of benzene rings is 1. The zero-order valence-corrected chi connectivity index (χ0v) is 23.0. The summed E-state index contributed by atoms with van der Waals surface area (Å²) in [5, 5.41) is 3.85.